The van der Waals surface area contributed by atoms with Crippen LogP contribution in [0.25, 0.3) is 0 Å². The maximum atomic E-state index is 9.99. The Hall–Kier alpha value is -1.77. The topological polar surface area (TPSA) is 213 Å². The molecule has 0 radical (unpaired) electrons. The Morgan fingerprint density at radius 3 is 0.840 bits per heavy atom. The molecule has 0 aromatic heterocycles. The second-order valence-electron chi connectivity index (χ2n) is 3.40. The molecule has 0 bridgehead atoms. The summed E-state index contributed by atoms with van der Waals surface area (Å²) in [5.74, 6) is -5.41. The molecule has 10 nitrogen and oxygen atoms in total. The summed E-state index contributed by atoms with van der Waals surface area (Å²) in [6.45, 7) is 5.80. The van der Waals surface area contributed by atoms with Crippen molar-refractivity contribution >= 4 is 23.9 Å². The van der Waals surface area contributed by atoms with E-state index in [1.807, 2.05) is 0 Å². The Labute approximate surface area is 162 Å². The van der Waals surface area contributed by atoms with Gasteiger partial charge in [0.1, 0.15) is 0 Å². The van der Waals surface area contributed by atoms with Crippen molar-refractivity contribution in [1.82, 2.24) is 0 Å². The number of allylic oxidation sites excluding steroid dienone is 1. The molecule has 150 valence electrons. The minimum atomic E-state index is -1.71. The van der Waals surface area contributed by atoms with Gasteiger partial charge in [-0.15, -0.1) is 0 Å². The van der Waals surface area contributed by atoms with Crippen molar-refractivity contribution in [3.63, 3.8) is 0 Å². The van der Waals surface area contributed by atoms with E-state index in [0.29, 0.717) is 0 Å². The first-order chi connectivity index (χ1) is 11.0. The molecule has 0 aromatic carbocycles. The fraction of sp³-hybridized carbons (Fsp3) is 0.571. The Morgan fingerprint density at radius 2 is 0.840 bits per heavy atom. The van der Waals surface area contributed by atoms with Crippen LogP contribution in [0.3, 0.4) is 0 Å². The normalized spacial score (nSPS) is 6.88. The van der Waals surface area contributed by atoms with E-state index < -0.39 is 29.5 Å². The van der Waals surface area contributed by atoms with Crippen LogP contribution >= 0.6 is 0 Å². The predicted molar refractivity (Wildman–Crippen MR) is 79.2 cm³/mol. The summed E-state index contributed by atoms with van der Waals surface area (Å²) in [6.07, 6.45) is 0.222. The van der Waals surface area contributed by atoms with Crippen LogP contribution in [0.5, 0.6) is 0 Å². The van der Waals surface area contributed by atoms with Gasteiger partial charge in [0.05, 0.1) is 11.9 Å². The van der Waals surface area contributed by atoms with E-state index in [9.17, 15) is 39.6 Å². The standard InChI is InChI=1S/C6H8O4.2C3H6O2.2CH5N.Pt/c1-3(2)4(5(7)8)6(9)10;2*1-2-3(4)5;2*1-2;/h1-2H3,(H,7,8)(H,9,10);2*2H2,1H3,(H,4,5);2*2H2,1H3;/q;;;;;+4/p-4. The third-order valence-corrected chi connectivity index (χ3v) is 1.49. The molecule has 0 saturated heterocycles. The summed E-state index contributed by atoms with van der Waals surface area (Å²) in [7, 11) is 3.00. The van der Waals surface area contributed by atoms with E-state index in [0.717, 1.165) is 0 Å². The summed E-state index contributed by atoms with van der Waals surface area (Å²) >= 11 is 0. The molecule has 25 heavy (non-hydrogen) atoms. The van der Waals surface area contributed by atoms with Gasteiger partial charge in [-0.05, 0) is 40.8 Å². The number of carbonyl (C=O) groups is 4. The van der Waals surface area contributed by atoms with Crippen molar-refractivity contribution in [3.8, 4) is 0 Å². The molecule has 0 heterocycles. The largest absolute Gasteiger partial charge is 4.00 e. The van der Waals surface area contributed by atoms with Crippen LogP contribution in [0, 0.1) is 0 Å². The van der Waals surface area contributed by atoms with E-state index in [1.165, 1.54) is 41.8 Å². The zero-order chi connectivity index (χ0) is 20.9. The monoisotopic (exact) mass is 545 g/mol. The molecule has 0 saturated carbocycles. The molecule has 4 N–H and O–H groups in total. The van der Waals surface area contributed by atoms with E-state index in [-0.39, 0.29) is 39.5 Å². The molecule has 0 spiro atoms. The Morgan fingerprint density at radius 1 is 0.680 bits per heavy atom. The molecule has 0 amide bonds. The Balaban J connectivity index is -0.0000000516. The average molecular weight is 545 g/mol. The summed E-state index contributed by atoms with van der Waals surface area (Å²) in [4.78, 5) is 38.5. The molecule has 0 fully saturated rings. The molecule has 0 rings (SSSR count). The predicted octanol–water partition coefficient (Wildman–Crippen LogP) is -4.74. The maximum Gasteiger partial charge on any atom is 4.00 e. The van der Waals surface area contributed by atoms with Gasteiger partial charge in [0.25, 0.3) is 0 Å². The summed E-state index contributed by atoms with van der Waals surface area (Å²) in [5.41, 5.74) is 8.39. The number of carbonyl (C=O) groups excluding carboxylic acids is 4. The molecule has 0 unspecified atom stereocenters. The van der Waals surface area contributed by atoms with Gasteiger partial charge in [0.15, 0.2) is 0 Å². The average Bonchev–Trinajstić information content (AvgIpc) is 2.51. The molecule has 0 aromatic rings. The Kier molecular flexibility index (Phi) is 46.6. The molecule has 11 heteroatoms. The molecule has 0 aliphatic carbocycles. The van der Waals surface area contributed by atoms with Crippen molar-refractivity contribution in [1.29, 1.82) is 0 Å². The van der Waals surface area contributed by atoms with E-state index in [2.05, 4.69) is 11.5 Å². The summed E-state index contributed by atoms with van der Waals surface area (Å²) < 4.78 is 0. The van der Waals surface area contributed by atoms with Crippen molar-refractivity contribution < 1.29 is 60.7 Å². The first kappa shape index (κ1) is 38.7. The minimum Gasteiger partial charge on any atom is -0.550 e. The minimum absolute atomic E-state index is 0. The van der Waals surface area contributed by atoms with Crippen LogP contribution < -0.4 is 31.9 Å². The van der Waals surface area contributed by atoms with Crippen molar-refractivity contribution in [2.75, 3.05) is 14.1 Å². The Bertz CT molecular complexity index is 364. The van der Waals surface area contributed by atoms with Gasteiger partial charge in [0.2, 0.25) is 0 Å². The van der Waals surface area contributed by atoms with Crippen LogP contribution in [0.2, 0.25) is 0 Å². The van der Waals surface area contributed by atoms with Crippen LogP contribution in [-0.2, 0) is 40.2 Å². The first-order valence-electron chi connectivity index (χ1n) is 6.66. The van der Waals surface area contributed by atoms with Crippen molar-refractivity contribution in [3.05, 3.63) is 11.1 Å². The molecule has 0 aliphatic rings. The number of carboxylic acids is 4. The van der Waals surface area contributed by atoms with Gasteiger partial charge in [-0.25, -0.2) is 0 Å². The number of aliphatic carboxylic acids is 4. The van der Waals surface area contributed by atoms with Crippen molar-refractivity contribution in [2.24, 2.45) is 11.5 Å². The van der Waals surface area contributed by atoms with E-state index in [1.54, 1.807) is 0 Å². The zero-order valence-corrected chi connectivity index (χ0v) is 17.4. The van der Waals surface area contributed by atoms with Gasteiger partial charge in [-0.1, -0.05) is 19.4 Å². The maximum absolute atomic E-state index is 9.99. The number of hydrogen-bond acceptors (Lipinski definition) is 10. The molecular formula is C14H26N2O8Pt. The van der Waals surface area contributed by atoms with Gasteiger partial charge in [0, 0.05) is 17.5 Å². The van der Waals surface area contributed by atoms with E-state index in [4.69, 9.17) is 0 Å². The van der Waals surface area contributed by atoms with Crippen LogP contribution in [0.15, 0.2) is 11.1 Å². The SMILES string of the molecule is CC(C)=C(C(=O)[O-])C(=O)[O-].CCC(=O)[O-].CCC(=O)[O-].CN.CN.[Pt+4]. The molecule has 0 atom stereocenters. The summed E-state index contributed by atoms with van der Waals surface area (Å²) in [6, 6.07) is 0. The van der Waals surface area contributed by atoms with Crippen molar-refractivity contribution in [2.45, 2.75) is 40.5 Å². The first-order valence-corrected chi connectivity index (χ1v) is 6.66. The van der Waals surface area contributed by atoms with Crippen LogP contribution in [0.4, 0.5) is 0 Å². The summed E-state index contributed by atoms with van der Waals surface area (Å²) in [5, 5.41) is 38.5. The quantitative estimate of drug-likeness (QED) is 0.196. The molecule has 0 aliphatic heterocycles. The van der Waals surface area contributed by atoms with Gasteiger partial charge in [-0.3, -0.25) is 0 Å². The number of rotatable bonds is 4. The van der Waals surface area contributed by atoms with Crippen LogP contribution in [0.1, 0.15) is 40.5 Å². The third-order valence-electron chi connectivity index (χ3n) is 1.49. The van der Waals surface area contributed by atoms with Gasteiger partial charge in [-0.2, -0.15) is 0 Å². The smallest absolute Gasteiger partial charge is 0.550 e. The van der Waals surface area contributed by atoms with Crippen LogP contribution in [-0.4, -0.2) is 38.0 Å². The fourth-order valence-corrected chi connectivity index (χ4v) is 0.492. The van der Waals surface area contributed by atoms with Gasteiger partial charge < -0.3 is 51.1 Å². The fourth-order valence-electron chi connectivity index (χ4n) is 0.492. The second kappa shape index (κ2) is 30.1. The van der Waals surface area contributed by atoms with E-state index >= 15 is 0 Å². The molecular weight excluding hydrogens is 519 g/mol. The second-order valence-corrected chi connectivity index (χ2v) is 3.40. The number of carboxylic acid groups (broad SMARTS) is 4. The third kappa shape index (κ3) is 44.9. The number of nitrogens with two attached hydrogens (primary N) is 2. The number of hydrogen-bond donors (Lipinski definition) is 2. The zero-order valence-electron chi connectivity index (χ0n) is 15.2. The van der Waals surface area contributed by atoms with Gasteiger partial charge >= 0.3 is 21.1 Å².